The second-order valence-corrected chi connectivity index (χ2v) is 5.22. The lowest BCUT2D eigenvalue weighted by Crippen LogP contribution is -2.13. The van der Waals surface area contributed by atoms with Crippen molar-refractivity contribution in [3.8, 4) is 0 Å². The Morgan fingerprint density at radius 1 is 1.10 bits per heavy atom. The molecule has 4 heteroatoms. The average molecular weight is 289 g/mol. The van der Waals surface area contributed by atoms with Crippen molar-refractivity contribution < 1.29 is 4.79 Å². The van der Waals surface area contributed by atoms with E-state index in [1.54, 1.807) is 6.07 Å². The maximum absolute atomic E-state index is 12.2. The molecule has 0 heterocycles. The summed E-state index contributed by atoms with van der Waals surface area (Å²) in [5.74, 6) is -0.138. The number of hydrogen-bond acceptors (Lipinski definition) is 2. The van der Waals surface area contributed by atoms with Gasteiger partial charge in [-0.05, 0) is 48.9 Å². The molecule has 0 saturated heterocycles. The lowest BCUT2D eigenvalue weighted by molar-refractivity contribution is 0.102. The van der Waals surface area contributed by atoms with Crippen molar-refractivity contribution in [2.24, 2.45) is 0 Å². The van der Waals surface area contributed by atoms with Crippen molar-refractivity contribution in [1.29, 1.82) is 0 Å². The van der Waals surface area contributed by atoms with Gasteiger partial charge in [0.2, 0.25) is 0 Å². The summed E-state index contributed by atoms with van der Waals surface area (Å²) in [5.41, 5.74) is 3.28. The molecule has 0 bridgehead atoms. The third kappa shape index (κ3) is 3.11. The third-order valence-corrected chi connectivity index (χ3v) is 3.57. The molecule has 0 unspecified atom stereocenters. The lowest BCUT2D eigenvalue weighted by atomic mass is 10.1. The fourth-order valence-corrected chi connectivity index (χ4v) is 2.02. The first kappa shape index (κ1) is 14.4. The van der Waals surface area contributed by atoms with E-state index in [0.717, 1.165) is 16.9 Å². The number of rotatable bonds is 3. The van der Waals surface area contributed by atoms with Gasteiger partial charge in [0.25, 0.3) is 5.91 Å². The Morgan fingerprint density at radius 3 is 2.35 bits per heavy atom. The monoisotopic (exact) mass is 288 g/mol. The first-order valence-electron chi connectivity index (χ1n) is 6.33. The van der Waals surface area contributed by atoms with Crippen molar-refractivity contribution in [2.45, 2.75) is 6.92 Å². The minimum absolute atomic E-state index is 0.138. The van der Waals surface area contributed by atoms with E-state index in [9.17, 15) is 4.79 Å². The molecule has 1 N–H and O–H groups in total. The second kappa shape index (κ2) is 5.97. The standard InChI is InChI=1S/C16H17ClN2O/c1-11-14(17)5-4-6-15(11)18-16(20)12-7-9-13(10-8-12)19(2)3/h4-10H,1-3H3,(H,18,20). The highest BCUT2D eigenvalue weighted by atomic mass is 35.5. The highest BCUT2D eigenvalue weighted by molar-refractivity contribution is 6.31. The Kier molecular flexibility index (Phi) is 4.30. The fourth-order valence-electron chi connectivity index (χ4n) is 1.85. The first-order chi connectivity index (χ1) is 9.49. The van der Waals surface area contributed by atoms with Gasteiger partial charge >= 0.3 is 0 Å². The van der Waals surface area contributed by atoms with Gasteiger partial charge in [-0.25, -0.2) is 0 Å². The van der Waals surface area contributed by atoms with Crippen LogP contribution in [0.3, 0.4) is 0 Å². The van der Waals surface area contributed by atoms with Crippen molar-refractivity contribution in [3.63, 3.8) is 0 Å². The van der Waals surface area contributed by atoms with E-state index in [1.807, 2.05) is 62.3 Å². The van der Waals surface area contributed by atoms with Crippen LogP contribution in [-0.2, 0) is 0 Å². The molecule has 0 aliphatic heterocycles. The number of nitrogens with zero attached hydrogens (tertiary/aromatic N) is 1. The van der Waals surface area contributed by atoms with Crippen molar-refractivity contribution in [3.05, 3.63) is 58.6 Å². The van der Waals surface area contributed by atoms with Gasteiger partial charge in [-0.15, -0.1) is 0 Å². The van der Waals surface area contributed by atoms with E-state index < -0.39 is 0 Å². The van der Waals surface area contributed by atoms with Crippen molar-refractivity contribution in [1.82, 2.24) is 0 Å². The summed E-state index contributed by atoms with van der Waals surface area (Å²) in [4.78, 5) is 14.2. The maximum Gasteiger partial charge on any atom is 0.255 e. The molecule has 0 aliphatic rings. The van der Waals surface area contributed by atoms with Gasteiger partial charge in [0, 0.05) is 36.1 Å². The number of hydrogen-bond donors (Lipinski definition) is 1. The summed E-state index contributed by atoms with van der Waals surface area (Å²) >= 11 is 6.04. The number of nitrogens with one attached hydrogen (secondary N) is 1. The van der Waals surface area contributed by atoms with Crippen LogP contribution in [0.25, 0.3) is 0 Å². The van der Waals surface area contributed by atoms with Crippen LogP contribution in [0.4, 0.5) is 11.4 Å². The summed E-state index contributed by atoms with van der Waals surface area (Å²) in [6.07, 6.45) is 0. The Morgan fingerprint density at radius 2 is 1.75 bits per heavy atom. The Hall–Kier alpha value is -2.00. The van der Waals surface area contributed by atoms with Gasteiger partial charge in [0.15, 0.2) is 0 Å². The number of carbonyl (C=O) groups excluding carboxylic acids is 1. The Bertz CT molecular complexity index is 621. The number of anilines is 2. The zero-order valence-electron chi connectivity index (χ0n) is 11.8. The third-order valence-electron chi connectivity index (χ3n) is 3.16. The van der Waals surface area contributed by atoms with E-state index in [-0.39, 0.29) is 5.91 Å². The molecule has 104 valence electrons. The summed E-state index contributed by atoms with van der Waals surface area (Å²) in [5, 5.41) is 3.52. The minimum Gasteiger partial charge on any atom is -0.378 e. The molecule has 20 heavy (non-hydrogen) atoms. The predicted molar refractivity (Wildman–Crippen MR) is 84.9 cm³/mol. The lowest BCUT2D eigenvalue weighted by Gasteiger charge is -2.13. The number of carbonyl (C=O) groups is 1. The van der Waals surface area contributed by atoms with Crippen LogP contribution in [0.1, 0.15) is 15.9 Å². The van der Waals surface area contributed by atoms with Crippen LogP contribution >= 0.6 is 11.6 Å². The van der Waals surface area contributed by atoms with E-state index in [1.165, 1.54) is 0 Å². The molecule has 2 rings (SSSR count). The van der Waals surface area contributed by atoms with Crippen LogP contribution < -0.4 is 10.2 Å². The van der Waals surface area contributed by atoms with Crippen LogP contribution in [0.5, 0.6) is 0 Å². The Labute approximate surface area is 124 Å². The van der Waals surface area contributed by atoms with Gasteiger partial charge < -0.3 is 10.2 Å². The molecule has 3 nitrogen and oxygen atoms in total. The minimum atomic E-state index is -0.138. The van der Waals surface area contributed by atoms with Crippen molar-refractivity contribution in [2.75, 3.05) is 24.3 Å². The van der Waals surface area contributed by atoms with Crippen LogP contribution in [0.2, 0.25) is 5.02 Å². The predicted octanol–water partition coefficient (Wildman–Crippen LogP) is 3.97. The van der Waals surface area contributed by atoms with Gasteiger partial charge in [-0.1, -0.05) is 17.7 Å². The largest absolute Gasteiger partial charge is 0.378 e. The molecule has 1 amide bonds. The second-order valence-electron chi connectivity index (χ2n) is 4.81. The van der Waals surface area contributed by atoms with Gasteiger partial charge in [-0.2, -0.15) is 0 Å². The summed E-state index contributed by atoms with van der Waals surface area (Å²) in [7, 11) is 3.93. The summed E-state index contributed by atoms with van der Waals surface area (Å²) < 4.78 is 0. The SMILES string of the molecule is Cc1c(Cl)cccc1NC(=O)c1ccc(N(C)C)cc1. The van der Waals surface area contributed by atoms with E-state index >= 15 is 0 Å². The molecule has 2 aromatic rings. The number of halogens is 1. The summed E-state index contributed by atoms with van der Waals surface area (Å²) in [6, 6.07) is 12.9. The smallest absolute Gasteiger partial charge is 0.255 e. The molecule has 0 atom stereocenters. The van der Waals surface area contributed by atoms with Gasteiger partial charge in [0.05, 0.1) is 0 Å². The molecule has 0 spiro atoms. The number of amides is 1. The number of benzene rings is 2. The fraction of sp³-hybridized carbons (Fsp3) is 0.188. The normalized spacial score (nSPS) is 10.2. The van der Waals surface area contributed by atoms with Crippen LogP contribution in [0, 0.1) is 6.92 Å². The molecular weight excluding hydrogens is 272 g/mol. The molecule has 2 aromatic carbocycles. The van der Waals surface area contributed by atoms with Gasteiger partial charge in [0.1, 0.15) is 0 Å². The zero-order valence-corrected chi connectivity index (χ0v) is 12.5. The van der Waals surface area contributed by atoms with E-state index in [4.69, 9.17) is 11.6 Å². The molecule has 0 saturated carbocycles. The molecule has 0 aliphatic carbocycles. The molecule has 0 fully saturated rings. The highest BCUT2D eigenvalue weighted by Crippen LogP contribution is 2.23. The van der Waals surface area contributed by atoms with E-state index in [0.29, 0.717) is 10.6 Å². The van der Waals surface area contributed by atoms with E-state index in [2.05, 4.69) is 5.32 Å². The van der Waals surface area contributed by atoms with Crippen LogP contribution in [-0.4, -0.2) is 20.0 Å². The first-order valence-corrected chi connectivity index (χ1v) is 6.70. The molecular formula is C16H17ClN2O. The van der Waals surface area contributed by atoms with Gasteiger partial charge in [-0.3, -0.25) is 4.79 Å². The molecule has 0 aromatic heterocycles. The Balaban J connectivity index is 2.18. The average Bonchev–Trinajstić information content (AvgIpc) is 2.44. The summed E-state index contributed by atoms with van der Waals surface area (Å²) in [6.45, 7) is 1.88. The maximum atomic E-state index is 12.2. The van der Waals surface area contributed by atoms with Crippen LogP contribution in [0.15, 0.2) is 42.5 Å². The highest BCUT2D eigenvalue weighted by Gasteiger charge is 2.09. The topological polar surface area (TPSA) is 32.3 Å². The quantitative estimate of drug-likeness (QED) is 0.927. The molecule has 0 radical (unpaired) electrons. The van der Waals surface area contributed by atoms with Crippen molar-refractivity contribution >= 4 is 28.9 Å². The zero-order chi connectivity index (χ0) is 14.7.